The molecule has 0 atom stereocenters. The average Bonchev–Trinajstić information content (AvgIpc) is 3.00. The van der Waals surface area contributed by atoms with Crippen LogP contribution in [-0.2, 0) is 20.1 Å². The molecule has 0 saturated carbocycles. The van der Waals surface area contributed by atoms with E-state index in [1.54, 1.807) is 16.7 Å². The largest absolute Gasteiger partial charge is 0.357 e. The molecule has 0 unspecified atom stereocenters. The summed E-state index contributed by atoms with van der Waals surface area (Å²) in [4.78, 5) is 18.5. The van der Waals surface area contributed by atoms with Crippen molar-refractivity contribution in [3.8, 4) is 0 Å². The van der Waals surface area contributed by atoms with Crippen molar-refractivity contribution in [2.75, 3.05) is 20.1 Å². The minimum atomic E-state index is 0. The van der Waals surface area contributed by atoms with Gasteiger partial charge in [-0.25, -0.2) is 0 Å². The molecule has 0 spiro atoms. The van der Waals surface area contributed by atoms with Crippen LogP contribution >= 0.6 is 24.0 Å². The van der Waals surface area contributed by atoms with Gasteiger partial charge < -0.3 is 19.4 Å². The van der Waals surface area contributed by atoms with Gasteiger partial charge in [0.1, 0.15) is 0 Å². The molecule has 0 aliphatic rings. The van der Waals surface area contributed by atoms with Crippen LogP contribution < -0.4 is 10.9 Å². The smallest absolute Gasteiger partial charge is 0.250 e. The third-order valence-corrected chi connectivity index (χ3v) is 4.11. The Morgan fingerprint density at radius 2 is 2.00 bits per heavy atom. The lowest BCUT2D eigenvalue weighted by molar-refractivity contribution is 0.461. The Morgan fingerprint density at radius 3 is 2.65 bits per heavy atom. The molecule has 2 rings (SSSR count). The van der Waals surface area contributed by atoms with Crippen molar-refractivity contribution in [3.63, 3.8) is 0 Å². The lowest BCUT2D eigenvalue weighted by atomic mass is 10.3. The second-order valence-corrected chi connectivity index (χ2v) is 6.14. The van der Waals surface area contributed by atoms with Gasteiger partial charge in [0.2, 0.25) is 5.56 Å². The van der Waals surface area contributed by atoms with Gasteiger partial charge in [-0.15, -0.1) is 24.0 Å². The first-order valence-electron chi connectivity index (χ1n) is 8.87. The van der Waals surface area contributed by atoms with Crippen LogP contribution in [0.3, 0.4) is 0 Å². The quantitative estimate of drug-likeness (QED) is 0.279. The van der Waals surface area contributed by atoms with Crippen molar-refractivity contribution in [2.45, 2.75) is 32.9 Å². The molecule has 2 heterocycles. The Bertz CT molecular complexity index is 737. The molecule has 0 aromatic carbocycles. The van der Waals surface area contributed by atoms with Crippen molar-refractivity contribution in [1.82, 2.24) is 19.4 Å². The zero-order valence-electron chi connectivity index (χ0n) is 15.9. The van der Waals surface area contributed by atoms with Gasteiger partial charge in [-0.3, -0.25) is 9.79 Å². The summed E-state index contributed by atoms with van der Waals surface area (Å²) in [6.07, 6.45) is 5.78. The van der Waals surface area contributed by atoms with Crippen molar-refractivity contribution in [2.24, 2.45) is 12.0 Å². The van der Waals surface area contributed by atoms with E-state index in [9.17, 15) is 4.79 Å². The molecule has 0 bridgehead atoms. The number of aromatic nitrogens is 2. The Balaban J connectivity index is 0.00000338. The van der Waals surface area contributed by atoms with Crippen LogP contribution in [0.4, 0.5) is 0 Å². The Morgan fingerprint density at radius 1 is 1.19 bits per heavy atom. The van der Waals surface area contributed by atoms with Crippen molar-refractivity contribution in [3.05, 3.63) is 58.8 Å². The average molecular weight is 471 g/mol. The molecule has 1 N–H and O–H groups in total. The lowest BCUT2D eigenvalue weighted by Gasteiger charge is -2.22. The summed E-state index contributed by atoms with van der Waals surface area (Å²) in [6, 6.07) is 9.44. The summed E-state index contributed by atoms with van der Waals surface area (Å²) in [5.41, 5.74) is 1.30. The minimum absolute atomic E-state index is 0. The summed E-state index contributed by atoms with van der Waals surface area (Å²) in [5.74, 6) is 0.917. The topological polar surface area (TPSA) is 54.6 Å². The fraction of sp³-hybridized carbons (Fsp3) is 0.474. The number of hydrogen-bond donors (Lipinski definition) is 1. The van der Waals surface area contributed by atoms with Crippen LogP contribution in [0.25, 0.3) is 0 Å². The molecule has 0 radical (unpaired) electrons. The van der Waals surface area contributed by atoms with E-state index in [1.807, 2.05) is 12.3 Å². The zero-order valence-corrected chi connectivity index (χ0v) is 18.2. The van der Waals surface area contributed by atoms with E-state index in [-0.39, 0.29) is 29.5 Å². The second-order valence-electron chi connectivity index (χ2n) is 6.14. The van der Waals surface area contributed by atoms with Gasteiger partial charge in [0.05, 0.1) is 6.54 Å². The summed E-state index contributed by atoms with van der Waals surface area (Å²) in [7, 11) is 4.11. The molecular weight excluding hydrogens is 441 g/mol. The molecule has 26 heavy (non-hydrogen) atoms. The maximum atomic E-state index is 11.7. The Kier molecular flexibility index (Phi) is 10.1. The normalized spacial score (nSPS) is 11.1. The molecule has 0 amide bonds. The predicted octanol–water partition coefficient (Wildman–Crippen LogP) is 2.68. The molecule has 7 heteroatoms. The second kappa shape index (κ2) is 11.8. The third kappa shape index (κ3) is 6.86. The molecule has 2 aromatic rings. The van der Waals surface area contributed by atoms with Gasteiger partial charge in [0, 0.05) is 57.9 Å². The fourth-order valence-electron chi connectivity index (χ4n) is 2.67. The number of pyridine rings is 1. The summed E-state index contributed by atoms with van der Waals surface area (Å²) >= 11 is 0. The van der Waals surface area contributed by atoms with Crippen LogP contribution in [0.1, 0.15) is 25.5 Å². The zero-order chi connectivity index (χ0) is 18.1. The van der Waals surface area contributed by atoms with Gasteiger partial charge in [-0.2, -0.15) is 0 Å². The molecule has 0 saturated heterocycles. The van der Waals surface area contributed by atoms with E-state index in [1.165, 1.54) is 5.69 Å². The molecule has 2 aromatic heterocycles. The van der Waals surface area contributed by atoms with Crippen molar-refractivity contribution < 1.29 is 0 Å². The van der Waals surface area contributed by atoms with E-state index in [4.69, 9.17) is 4.99 Å². The highest BCUT2D eigenvalue weighted by Gasteiger charge is 2.07. The van der Waals surface area contributed by atoms with E-state index < -0.39 is 0 Å². The van der Waals surface area contributed by atoms with E-state index in [2.05, 4.69) is 54.1 Å². The van der Waals surface area contributed by atoms with Gasteiger partial charge in [0.15, 0.2) is 5.96 Å². The predicted molar refractivity (Wildman–Crippen MR) is 118 cm³/mol. The minimum Gasteiger partial charge on any atom is -0.357 e. The molecule has 0 aliphatic heterocycles. The highest BCUT2D eigenvalue weighted by molar-refractivity contribution is 14.0. The highest BCUT2D eigenvalue weighted by Crippen LogP contribution is 2.04. The molecule has 6 nitrogen and oxygen atoms in total. The Labute approximate surface area is 172 Å². The first-order valence-corrected chi connectivity index (χ1v) is 8.87. The van der Waals surface area contributed by atoms with Gasteiger partial charge in [0.25, 0.3) is 0 Å². The van der Waals surface area contributed by atoms with Crippen molar-refractivity contribution >= 4 is 29.9 Å². The Hall–Kier alpha value is -1.77. The highest BCUT2D eigenvalue weighted by atomic mass is 127. The maximum Gasteiger partial charge on any atom is 0.250 e. The standard InChI is InChI=1S/C19H29N5O.HI/c1-4-20-19(23(3)16-17-10-9-13-22(17)2)21-12-6-8-15-24-14-7-5-11-18(24)25;/h5,7,9-11,13-14H,4,6,8,12,15-16H2,1-3H3,(H,20,21);1H. The number of aliphatic imine (C=N–C) groups is 1. The first kappa shape index (κ1) is 22.3. The maximum absolute atomic E-state index is 11.7. The fourth-order valence-corrected chi connectivity index (χ4v) is 2.67. The number of hydrogen-bond acceptors (Lipinski definition) is 2. The number of halogens is 1. The van der Waals surface area contributed by atoms with Gasteiger partial charge in [-0.1, -0.05) is 6.07 Å². The molecule has 0 fully saturated rings. The molecule has 0 aliphatic carbocycles. The summed E-state index contributed by atoms with van der Waals surface area (Å²) < 4.78 is 3.87. The van der Waals surface area contributed by atoms with Crippen LogP contribution in [0.5, 0.6) is 0 Å². The number of guanidine groups is 1. The van der Waals surface area contributed by atoms with Crippen molar-refractivity contribution in [1.29, 1.82) is 0 Å². The van der Waals surface area contributed by atoms with Gasteiger partial charge in [-0.05, 0) is 38.0 Å². The first-order chi connectivity index (χ1) is 12.1. The SMILES string of the molecule is CCNC(=NCCCCn1ccccc1=O)N(C)Cc1cccn1C.I. The number of rotatable bonds is 8. The van der Waals surface area contributed by atoms with Crippen LogP contribution in [0.2, 0.25) is 0 Å². The molecule has 144 valence electrons. The number of nitrogens with one attached hydrogen (secondary N) is 1. The third-order valence-electron chi connectivity index (χ3n) is 4.11. The van der Waals surface area contributed by atoms with Crippen LogP contribution in [0, 0.1) is 0 Å². The van der Waals surface area contributed by atoms with Gasteiger partial charge >= 0.3 is 0 Å². The monoisotopic (exact) mass is 471 g/mol. The number of aryl methyl sites for hydroxylation is 2. The summed E-state index contributed by atoms with van der Waals surface area (Å²) in [5, 5.41) is 3.34. The van der Waals surface area contributed by atoms with Crippen LogP contribution in [0.15, 0.2) is 52.5 Å². The molecular formula is C19H30IN5O. The lowest BCUT2D eigenvalue weighted by Crippen LogP contribution is -2.38. The summed E-state index contributed by atoms with van der Waals surface area (Å²) in [6.45, 7) is 5.23. The van der Waals surface area contributed by atoms with E-state index in [0.29, 0.717) is 0 Å². The van der Waals surface area contributed by atoms with E-state index >= 15 is 0 Å². The number of nitrogens with zero attached hydrogens (tertiary/aromatic N) is 4. The van der Waals surface area contributed by atoms with E-state index in [0.717, 1.165) is 45.0 Å². The van der Waals surface area contributed by atoms with Crippen LogP contribution in [-0.4, -0.2) is 40.1 Å². The number of unbranched alkanes of at least 4 members (excludes halogenated alkanes) is 1.